The summed E-state index contributed by atoms with van der Waals surface area (Å²) in [5.41, 5.74) is 2.37. The van der Waals surface area contributed by atoms with Crippen LogP contribution in [0.1, 0.15) is 37.8 Å². The van der Waals surface area contributed by atoms with E-state index in [2.05, 4.69) is 5.32 Å². The number of fused-ring (bicyclic) bond motifs is 1. The first-order valence-electron chi connectivity index (χ1n) is 12.2. The summed E-state index contributed by atoms with van der Waals surface area (Å²) < 4.78 is 27.3. The lowest BCUT2D eigenvalue weighted by Crippen LogP contribution is -2.39. The van der Waals surface area contributed by atoms with Crippen LogP contribution < -0.4 is 14.8 Å². The van der Waals surface area contributed by atoms with Crippen molar-refractivity contribution in [3.8, 4) is 11.5 Å². The van der Waals surface area contributed by atoms with Crippen LogP contribution in [0.2, 0.25) is 0 Å². The maximum Gasteiger partial charge on any atom is 0.338 e. The predicted molar refractivity (Wildman–Crippen MR) is 139 cm³/mol. The number of carbonyl (C=O) groups excluding carboxylic acids is 2. The van der Waals surface area contributed by atoms with Crippen LogP contribution in [0.4, 0.5) is 0 Å². The Morgan fingerprint density at radius 2 is 2.05 bits per heavy atom. The Balaban J connectivity index is 1.65. The van der Waals surface area contributed by atoms with E-state index in [-0.39, 0.29) is 31.6 Å². The van der Waals surface area contributed by atoms with Gasteiger partial charge >= 0.3 is 5.97 Å². The minimum atomic E-state index is -0.615. The summed E-state index contributed by atoms with van der Waals surface area (Å²) in [5.74, 6) is 0.536. The number of aliphatic imine (C=N–C) groups is 1. The Morgan fingerprint density at radius 3 is 2.76 bits per heavy atom. The summed E-state index contributed by atoms with van der Waals surface area (Å²) in [5, 5.41) is 5.56. The van der Waals surface area contributed by atoms with Crippen LogP contribution in [0.15, 0.2) is 45.6 Å². The number of hydrogen-bond donors (Lipinski definition) is 1. The molecule has 0 radical (unpaired) electrons. The zero-order chi connectivity index (χ0) is 26.4. The summed E-state index contributed by atoms with van der Waals surface area (Å²) in [6.07, 6.45) is 2.13. The van der Waals surface area contributed by atoms with Gasteiger partial charge in [0, 0.05) is 37.6 Å². The SMILES string of the molecule is COCCOC(=O)C1=C(C)N=C2SC=C(CC(=O)NC[C@H]3CCCO3)N2[C@@H]1c1ccc(OC)cc1OC. The van der Waals surface area contributed by atoms with Crippen molar-refractivity contribution in [1.82, 2.24) is 10.2 Å². The molecule has 1 amide bonds. The molecule has 1 fully saturated rings. The number of ether oxygens (including phenoxy) is 5. The number of methoxy groups -OCH3 is 3. The fraction of sp³-hybridized carbons (Fsp3) is 0.500. The second kappa shape index (κ2) is 12.5. The molecule has 1 aromatic rings. The Labute approximate surface area is 221 Å². The van der Waals surface area contributed by atoms with E-state index in [1.807, 2.05) is 22.4 Å². The molecule has 4 rings (SSSR count). The molecule has 0 bridgehead atoms. The first-order valence-corrected chi connectivity index (χ1v) is 13.1. The van der Waals surface area contributed by atoms with Gasteiger partial charge in [-0.15, -0.1) is 0 Å². The van der Waals surface area contributed by atoms with Crippen molar-refractivity contribution >= 4 is 28.8 Å². The largest absolute Gasteiger partial charge is 0.497 e. The van der Waals surface area contributed by atoms with Gasteiger partial charge in [0.1, 0.15) is 18.1 Å². The van der Waals surface area contributed by atoms with Gasteiger partial charge in [-0.25, -0.2) is 9.79 Å². The highest BCUT2D eigenvalue weighted by atomic mass is 32.2. The van der Waals surface area contributed by atoms with Gasteiger partial charge in [0.25, 0.3) is 0 Å². The number of carbonyl (C=O) groups is 2. The summed E-state index contributed by atoms with van der Waals surface area (Å²) in [6, 6.07) is 4.83. The number of amidine groups is 1. The maximum absolute atomic E-state index is 13.3. The number of amides is 1. The predicted octanol–water partition coefficient (Wildman–Crippen LogP) is 3.15. The normalized spacial score (nSPS) is 20.8. The van der Waals surface area contributed by atoms with Crippen molar-refractivity contribution in [3.05, 3.63) is 46.1 Å². The Morgan fingerprint density at radius 1 is 1.22 bits per heavy atom. The van der Waals surface area contributed by atoms with E-state index in [0.29, 0.717) is 34.5 Å². The molecule has 37 heavy (non-hydrogen) atoms. The first kappa shape index (κ1) is 27.0. The summed E-state index contributed by atoms with van der Waals surface area (Å²) in [4.78, 5) is 32.8. The lowest BCUT2D eigenvalue weighted by atomic mass is 9.93. The number of thioether (sulfide) groups is 1. The molecule has 0 spiro atoms. The number of hydrogen-bond acceptors (Lipinski definition) is 10. The summed E-state index contributed by atoms with van der Waals surface area (Å²) in [6.45, 7) is 3.38. The zero-order valence-electron chi connectivity index (χ0n) is 21.6. The van der Waals surface area contributed by atoms with Gasteiger partial charge < -0.3 is 33.9 Å². The summed E-state index contributed by atoms with van der Waals surface area (Å²) >= 11 is 1.42. The Bertz CT molecular complexity index is 1110. The van der Waals surface area contributed by atoms with Gasteiger partial charge in [-0.2, -0.15) is 0 Å². The highest BCUT2D eigenvalue weighted by Crippen LogP contribution is 2.47. The molecule has 10 nitrogen and oxygen atoms in total. The van der Waals surface area contributed by atoms with Gasteiger partial charge in [-0.05, 0) is 37.3 Å². The van der Waals surface area contributed by atoms with Crippen LogP contribution in [0.5, 0.6) is 11.5 Å². The molecule has 3 heterocycles. The van der Waals surface area contributed by atoms with Gasteiger partial charge in [0.15, 0.2) is 5.17 Å². The molecule has 0 aromatic heterocycles. The monoisotopic (exact) mass is 531 g/mol. The van der Waals surface area contributed by atoms with Crippen molar-refractivity contribution in [3.63, 3.8) is 0 Å². The van der Waals surface area contributed by atoms with Crippen LogP contribution in [0.3, 0.4) is 0 Å². The third kappa shape index (κ3) is 6.11. The molecule has 3 aliphatic heterocycles. The van der Waals surface area contributed by atoms with Crippen LogP contribution >= 0.6 is 11.8 Å². The van der Waals surface area contributed by atoms with Crippen LogP contribution in [-0.2, 0) is 23.8 Å². The Kier molecular flexibility index (Phi) is 9.12. The van der Waals surface area contributed by atoms with Crippen molar-refractivity contribution in [2.45, 2.75) is 38.3 Å². The zero-order valence-corrected chi connectivity index (χ0v) is 22.4. The summed E-state index contributed by atoms with van der Waals surface area (Å²) in [7, 11) is 4.69. The average Bonchev–Trinajstić information content (AvgIpc) is 3.56. The molecule has 200 valence electrons. The average molecular weight is 532 g/mol. The van der Waals surface area contributed by atoms with Crippen molar-refractivity contribution < 1.29 is 33.3 Å². The number of nitrogens with zero attached hydrogens (tertiary/aromatic N) is 2. The van der Waals surface area contributed by atoms with Crippen LogP contribution in [0.25, 0.3) is 0 Å². The van der Waals surface area contributed by atoms with Crippen LogP contribution in [0, 0.1) is 0 Å². The van der Waals surface area contributed by atoms with E-state index >= 15 is 0 Å². The lowest BCUT2D eigenvalue weighted by Gasteiger charge is -2.36. The fourth-order valence-corrected chi connectivity index (χ4v) is 5.49. The number of benzene rings is 1. The van der Waals surface area contributed by atoms with Crippen molar-refractivity contribution in [1.29, 1.82) is 0 Å². The molecule has 0 aliphatic carbocycles. The van der Waals surface area contributed by atoms with Gasteiger partial charge in [0.2, 0.25) is 5.91 Å². The molecular weight excluding hydrogens is 498 g/mol. The molecule has 1 aromatic carbocycles. The second-order valence-corrected chi connectivity index (χ2v) is 9.58. The number of allylic oxidation sites excluding steroid dienone is 1. The minimum Gasteiger partial charge on any atom is -0.497 e. The first-order chi connectivity index (χ1) is 18.0. The smallest absolute Gasteiger partial charge is 0.338 e. The van der Waals surface area contributed by atoms with E-state index in [4.69, 9.17) is 28.7 Å². The molecule has 1 N–H and O–H groups in total. The lowest BCUT2D eigenvalue weighted by molar-refractivity contribution is -0.141. The molecule has 1 saturated heterocycles. The molecular formula is C26H33N3O7S. The molecule has 3 aliphatic rings. The molecule has 0 unspecified atom stereocenters. The van der Waals surface area contributed by atoms with E-state index in [1.54, 1.807) is 34.3 Å². The maximum atomic E-state index is 13.3. The van der Waals surface area contributed by atoms with Crippen molar-refractivity contribution in [2.75, 3.05) is 47.7 Å². The minimum absolute atomic E-state index is 0.0540. The Hall–Kier alpha value is -3.02. The van der Waals surface area contributed by atoms with E-state index < -0.39 is 12.0 Å². The van der Waals surface area contributed by atoms with Gasteiger partial charge in [-0.3, -0.25) is 4.79 Å². The topological polar surface area (TPSA) is 108 Å². The van der Waals surface area contributed by atoms with Crippen LogP contribution in [-0.4, -0.2) is 75.7 Å². The third-order valence-corrected chi connectivity index (χ3v) is 7.26. The van der Waals surface area contributed by atoms with Crippen molar-refractivity contribution in [2.24, 2.45) is 4.99 Å². The molecule has 2 atom stereocenters. The van der Waals surface area contributed by atoms with E-state index in [9.17, 15) is 9.59 Å². The highest BCUT2D eigenvalue weighted by molar-refractivity contribution is 8.16. The number of rotatable bonds is 11. The van der Waals surface area contributed by atoms with Gasteiger partial charge in [-0.1, -0.05) is 11.8 Å². The third-order valence-electron chi connectivity index (χ3n) is 6.37. The second-order valence-electron chi connectivity index (χ2n) is 8.75. The van der Waals surface area contributed by atoms with E-state index in [1.165, 1.54) is 11.8 Å². The fourth-order valence-electron chi connectivity index (χ4n) is 4.52. The molecule has 0 saturated carbocycles. The quantitative estimate of drug-likeness (QED) is 0.340. The van der Waals surface area contributed by atoms with Gasteiger partial charge in [0.05, 0.1) is 50.7 Å². The highest BCUT2D eigenvalue weighted by Gasteiger charge is 2.42. The number of esters is 1. The molecule has 11 heteroatoms. The van der Waals surface area contributed by atoms with E-state index in [0.717, 1.165) is 30.7 Å². The number of nitrogens with one attached hydrogen (secondary N) is 1. The standard InChI is InChI=1S/C26H33N3O7S/c1-16-23(25(31)36-11-10-32-2)24(20-8-7-18(33-3)13-21(20)34-4)29-17(15-37-26(29)28-16)12-22(30)27-14-19-6-5-9-35-19/h7-8,13,15,19,24H,5-6,9-12,14H2,1-4H3,(H,27,30)/t19-,24-/m1/s1.